The Bertz CT molecular complexity index is 756. The van der Waals surface area contributed by atoms with Crippen molar-refractivity contribution in [3.63, 3.8) is 0 Å². The maximum atomic E-state index is 12.1. The monoisotopic (exact) mass is 358 g/mol. The van der Waals surface area contributed by atoms with Crippen molar-refractivity contribution in [1.82, 2.24) is 0 Å². The fourth-order valence-electron chi connectivity index (χ4n) is 2.22. The van der Waals surface area contributed by atoms with Gasteiger partial charge in [-0.1, -0.05) is 28.1 Å². The molecular formula is C18H15BrO3. The van der Waals surface area contributed by atoms with Crippen molar-refractivity contribution >= 4 is 21.7 Å². The number of Topliss-reactive ketones (excluding diaryl/α,β-unsaturated/α-hetero) is 1. The third-order valence-electron chi connectivity index (χ3n) is 3.39. The molecule has 0 N–H and O–H groups in total. The average molecular weight is 359 g/mol. The molecule has 22 heavy (non-hydrogen) atoms. The van der Waals surface area contributed by atoms with E-state index >= 15 is 0 Å². The fraction of sp³-hybridized carbons (Fsp3) is 0.167. The Labute approximate surface area is 137 Å². The van der Waals surface area contributed by atoms with Crippen molar-refractivity contribution in [3.8, 4) is 11.5 Å². The second kappa shape index (κ2) is 5.97. The molecule has 0 unspecified atom stereocenters. The largest absolute Gasteiger partial charge is 0.489 e. The number of hydrogen-bond donors (Lipinski definition) is 0. The van der Waals surface area contributed by atoms with Crippen molar-refractivity contribution in [2.45, 2.75) is 20.5 Å². The van der Waals surface area contributed by atoms with Crippen molar-refractivity contribution in [2.24, 2.45) is 0 Å². The summed E-state index contributed by atoms with van der Waals surface area (Å²) in [5, 5.41) is 0. The Morgan fingerprint density at radius 1 is 1.14 bits per heavy atom. The lowest BCUT2D eigenvalue weighted by atomic mass is 10.1. The predicted octanol–water partition coefficient (Wildman–Crippen LogP) is 4.90. The van der Waals surface area contributed by atoms with Gasteiger partial charge < -0.3 is 9.47 Å². The summed E-state index contributed by atoms with van der Waals surface area (Å²) in [6, 6.07) is 13.3. The van der Waals surface area contributed by atoms with Crippen LogP contribution in [0.1, 0.15) is 29.8 Å². The summed E-state index contributed by atoms with van der Waals surface area (Å²) in [6.07, 6.45) is 0. The summed E-state index contributed by atoms with van der Waals surface area (Å²) in [6.45, 7) is 4.20. The van der Waals surface area contributed by atoms with Gasteiger partial charge in [0.05, 0.1) is 5.56 Å². The van der Waals surface area contributed by atoms with E-state index in [0.717, 1.165) is 15.6 Å². The van der Waals surface area contributed by atoms with Crippen LogP contribution in [0.15, 0.2) is 58.3 Å². The lowest BCUT2D eigenvalue weighted by Gasteiger charge is -2.07. The Balaban J connectivity index is 1.76. The van der Waals surface area contributed by atoms with Crippen LogP contribution >= 0.6 is 15.9 Å². The minimum Gasteiger partial charge on any atom is -0.489 e. The molecule has 0 saturated carbocycles. The highest BCUT2D eigenvalue weighted by Gasteiger charge is 2.28. The highest BCUT2D eigenvalue weighted by Crippen LogP contribution is 2.35. The molecule has 4 heteroatoms. The Morgan fingerprint density at radius 2 is 1.86 bits per heavy atom. The summed E-state index contributed by atoms with van der Waals surface area (Å²) < 4.78 is 12.4. The van der Waals surface area contributed by atoms with Crippen LogP contribution in [0.5, 0.6) is 11.5 Å². The molecule has 2 aromatic rings. The summed E-state index contributed by atoms with van der Waals surface area (Å²) in [5.41, 5.74) is 2.54. The van der Waals surface area contributed by atoms with Crippen LogP contribution in [0, 0.1) is 0 Å². The summed E-state index contributed by atoms with van der Waals surface area (Å²) >= 11 is 3.40. The third kappa shape index (κ3) is 2.92. The second-order valence-electron chi connectivity index (χ2n) is 5.33. The number of halogens is 1. The molecule has 1 aliphatic heterocycles. The van der Waals surface area contributed by atoms with Gasteiger partial charge in [0.2, 0.25) is 5.78 Å². The molecule has 0 bridgehead atoms. The van der Waals surface area contributed by atoms with E-state index in [9.17, 15) is 4.79 Å². The lowest BCUT2D eigenvalue weighted by Crippen LogP contribution is -2.00. The Kier molecular flexibility index (Phi) is 4.03. The number of hydrogen-bond acceptors (Lipinski definition) is 3. The van der Waals surface area contributed by atoms with Crippen molar-refractivity contribution in [2.75, 3.05) is 0 Å². The first-order valence-electron chi connectivity index (χ1n) is 6.96. The van der Waals surface area contributed by atoms with Crippen molar-refractivity contribution in [3.05, 3.63) is 69.4 Å². The van der Waals surface area contributed by atoms with Gasteiger partial charge >= 0.3 is 0 Å². The number of carbonyl (C=O) groups is 1. The third-order valence-corrected chi connectivity index (χ3v) is 3.92. The maximum absolute atomic E-state index is 12.1. The van der Waals surface area contributed by atoms with Crippen LogP contribution in [0.4, 0.5) is 0 Å². The molecule has 0 atom stereocenters. The molecule has 0 fully saturated rings. The molecule has 1 aliphatic rings. The van der Waals surface area contributed by atoms with Crippen molar-refractivity contribution in [1.29, 1.82) is 0 Å². The molecule has 0 aliphatic carbocycles. The molecule has 3 rings (SSSR count). The van der Waals surface area contributed by atoms with Crippen LogP contribution in [0.2, 0.25) is 0 Å². The van der Waals surface area contributed by atoms with Crippen LogP contribution in [0.3, 0.4) is 0 Å². The van der Waals surface area contributed by atoms with Gasteiger partial charge in [0.1, 0.15) is 18.1 Å². The van der Waals surface area contributed by atoms with E-state index < -0.39 is 0 Å². The topological polar surface area (TPSA) is 35.5 Å². The quantitative estimate of drug-likeness (QED) is 0.732. The molecule has 1 heterocycles. The zero-order valence-corrected chi connectivity index (χ0v) is 13.9. The van der Waals surface area contributed by atoms with Crippen molar-refractivity contribution < 1.29 is 14.3 Å². The Hall–Kier alpha value is -2.07. The molecule has 3 nitrogen and oxygen atoms in total. The van der Waals surface area contributed by atoms with E-state index in [1.54, 1.807) is 18.2 Å². The van der Waals surface area contributed by atoms with Crippen LogP contribution in [0.25, 0.3) is 0 Å². The first-order valence-corrected chi connectivity index (χ1v) is 7.75. The van der Waals surface area contributed by atoms with Gasteiger partial charge in [-0.2, -0.15) is 0 Å². The van der Waals surface area contributed by atoms with E-state index in [0.29, 0.717) is 29.4 Å². The highest BCUT2D eigenvalue weighted by molar-refractivity contribution is 9.10. The number of allylic oxidation sites excluding steroid dienone is 2. The number of benzene rings is 2. The minimum atomic E-state index is -0.0607. The maximum Gasteiger partial charge on any atom is 0.231 e. The minimum absolute atomic E-state index is 0.0607. The molecule has 0 saturated heterocycles. The van der Waals surface area contributed by atoms with E-state index in [-0.39, 0.29) is 5.78 Å². The second-order valence-corrected chi connectivity index (χ2v) is 6.25. The molecule has 0 radical (unpaired) electrons. The predicted molar refractivity (Wildman–Crippen MR) is 88.2 cm³/mol. The number of carbonyl (C=O) groups excluding carboxylic acids is 1. The van der Waals surface area contributed by atoms with Crippen LogP contribution in [-0.4, -0.2) is 5.78 Å². The van der Waals surface area contributed by atoms with Gasteiger partial charge in [0.15, 0.2) is 5.76 Å². The van der Waals surface area contributed by atoms with E-state index in [4.69, 9.17) is 9.47 Å². The number of fused-ring (bicyclic) bond motifs is 1. The highest BCUT2D eigenvalue weighted by atomic mass is 79.9. The van der Waals surface area contributed by atoms with E-state index in [2.05, 4.69) is 15.9 Å². The fourth-order valence-corrected chi connectivity index (χ4v) is 2.48. The van der Waals surface area contributed by atoms with Gasteiger partial charge in [-0.15, -0.1) is 0 Å². The molecule has 0 aromatic heterocycles. The van der Waals surface area contributed by atoms with Gasteiger partial charge in [0.25, 0.3) is 0 Å². The standard InChI is InChI=1S/C18H15BrO3/c1-11(2)18-17(20)15-8-7-14(9-16(15)22-18)21-10-12-3-5-13(19)6-4-12/h3-9H,10H2,1-2H3. The van der Waals surface area contributed by atoms with Gasteiger partial charge in [-0.05, 0) is 49.2 Å². The smallest absolute Gasteiger partial charge is 0.231 e. The van der Waals surface area contributed by atoms with Gasteiger partial charge in [-0.3, -0.25) is 4.79 Å². The number of ether oxygens (including phenoxy) is 2. The molecule has 0 spiro atoms. The SMILES string of the molecule is CC(C)=C1Oc2cc(OCc3ccc(Br)cc3)ccc2C1=O. The zero-order chi connectivity index (χ0) is 15.7. The number of rotatable bonds is 3. The first kappa shape index (κ1) is 14.9. The van der Waals surface area contributed by atoms with E-state index in [1.165, 1.54) is 0 Å². The molecule has 112 valence electrons. The first-order chi connectivity index (χ1) is 10.5. The van der Waals surface area contributed by atoms with E-state index in [1.807, 2.05) is 38.1 Å². The molecule has 2 aromatic carbocycles. The average Bonchev–Trinajstić information content (AvgIpc) is 2.84. The van der Waals surface area contributed by atoms with Crippen LogP contribution < -0.4 is 9.47 Å². The summed E-state index contributed by atoms with van der Waals surface area (Å²) in [4.78, 5) is 12.1. The lowest BCUT2D eigenvalue weighted by molar-refractivity contribution is 0.101. The normalized spacial score (nSPS) is 12.9. The van der Waals surface area contributed by atoms with Gasteiger partial charge in [0, 0.05) is 10.5 Å². The molecule has 0 amide bonds. The molecular weight excluding hydrogens is 344 g/mol. The van der Waals surface area contributed by atoms with Gasteiger partial charge in [-0.25, -0.2) is 0 Å². The summed E-state index contributed by atoms with van der Waals surface area (Å²) in [5.74, 6) is 1.61. The Morgan fingerprint density at radius 3 is 2.55 bits per heavy atom. The number of ketones is 1. The summed E-state index contributed by atoms with van der Waals surface area (Å²) in [7, 11) is 0. The van der Waals surface area contributed by atoms with Crippen LogP contribution in [-0.2, 0) is 6.61 Å². The zero-order valence-electron chi connectivity index (χ0n) is 12.4.